The zero-order valence-corrected chi connectivity index (χ0v) is 8.92. The lowest BCUT2D eigenvalue weighted by atomic mass is 10.1. The summed E-state index contributed by atoms with van der Waals surface area (Å²) in [6.45, 7) is 7.64. The van der Waals surface area contributed by atoms with Gasteiger partial charge in [0.2, 0.25) is 0 Å². The summed E-state index contributed by atoms with van der Waals surface area (Å²) in [7, 11) is 1.98. The fourth-order valence-electron chi connectivity index (χ4n) is 1.50. The Morgan fingerprint density at radius 1 is 1.38 bits per heavy atom. The molecule has 0 amide bonds. The number of hydrogen-bond donors (Lipinski definition) is 0. The SMILES string of the molecule is CCOCc1nn(C)c(C)c1CC. The number of aryl methyl sites for hydroxylation is 1. The molecule has 0 saturated heterocycles. The first-order chi connectivity index (χ1) is 6.20. The molecule has 0 aromatic carbocycles. The summed E-state index contributed by atoms with van der Waals surface area (Å²) >= 11 is 0. The van der Waals surface area contributed by atoms with Gasteiger partial charge in [-0.3, -0.25) is 4.68 Å². The molecule has 0 spiro atoms. The van der Waals surface area contributed by atoms with Gasteiger partial charge < -0.3 is 4.74 Å². The van der Waals surface area contributed by atoms with Gasteiger partial charge in [0, 0.05) is 19.3 Å². The van der Waals surface area contributed by atoms with Crippen molar-refractivity contribution < 1.29 is 4.74 Å². The minimum atomic E-state index is 0.640. The maximum atomic E-state index is 5.35. The van der Waals surface area contributed by atoms with Gasteiger partial charge >= 0.3 is 0 Å². The minimum absolute atomic E-state index is 0.640. The lowest BCUT2D eigenvalue weighted by molar-refractivity contribution is 0.130. The van der Waals surface area contributed by atoms with Gasteiger partial charge in [-0.1, -0.05) is 6.92 Å². The van der Waals surface area contributed by atoms with Crippen molar-refractivity contribution in [1.29, 1.82) is 0 Å². The van der Waals surface area contributed by atoms with E-state index in [4.69, 9.17) is 4.74 Å². The van der Waals surface area contributed by atoms with Crippen molar-refractivity contribution in [2.45, 2.75) is 33.8 Å². The van der Waals surface area contributed by atoms with Crippen molar-refractivity contribution in [3.8, 4) is 0 Å². The Bertz CT molecular complexity index is 279. The topological polar surface area (TPSA) is 27.1 Å². The Balaban J connectivity index is 2.86. The molecule has 0 aliphatic rings. The van der Waals surface area contributed by atoms with E-state index < -0.39 is 0 Å². The van der Waals surface area contributed by atoms with E-state index in [1.807, 2.05) is 18.7 Å². The zero-order chi connectivity index (χ0) is 9.84. The first kappa shape index (κ1) is 10.3. The quantitative estimate of drug-likeness (QED) is 0.710. The molecule has 1 aromatic heterocycles. The van der Waals surface area contributed by atoms with Crippen LogP contribution in [0.2, 0.25) is 0 Å². The molecular weight excluding hydrogens is 164 g/mol. The second kappa shape index (κ2) is 4.42. The first-order valence-corrected chi connectivity index (χ1v) is 4.79. The predicted octanol–water partition coefficient (Wildman–Crippen LogP) is 1.83. The molecule has 3 heteroatoms. The molecule has 0 bridgehead atoms. The molecule has 1 heterocycles. The summed E-state index contributed by atoms with van der Waals surface area (Å²) < 4.78 is 7.28. The summed E-state index contributed by atoms with van der Waals surface area (Å²) in [5, 5.41) is 4.41. The van der Waals surface area contributed by atoms with Crippen molar-refractivity contribution >= 4 is 0 Å². The normalized spacial score (nSPS) is 10.8. The molecule has 3 nitrogen and oxygen atoms in total. The fraction of sp³-hybridized carbons (Fsp3) is 0.700. The van der Waals surface area contributed by atoms with Crippen LogP contribution in [0.3, 0.4) is 0 Å². The Kier molecular flexibility index (Phi) is 3.48. The molecule has 1 rings (SSSR count). The number of ether oxygens (including phenoxy) is 1. The highest BCUT2D eigenvalue weighted by molar-refractivity contribution is 5.24. The third-order valence-corrected chi connectivity index (χ3v) is 2.34. The minimum Gasteiger partial charge on any atom is -0.375 e. The Hall–Kier alpha value is -0.830. The number of aromatic nitrogens is 2. The summed E-state index contributed by atoms with van der Waals surface area (Å²) in [6.07, 6.45) is 1.03. The van der Waals surface area contributed by atoms with Crippen LogP contribution in [0.4, 0.5) is 0 Å². The Morgan fingerprint density at radius 3 is 2.62 bits per heavy atom. The van der Waals surface area contributed by atoms with Crippen molar-refractivity contribution in [2.75, 3.05) is 6.61 Å². The van der Waals surface area contributed by atoms with Crippen LogP contribution in [-0.2, 0) is 24.8 Å². The monoisotopic (exact) mass is 182 g/mol. The van der Waals surface area contributed by atoms with E-state index in [-0.39, 0.29) is 0 Å². The van der Waals surface area contributed by atoms with E-state index in [0.717, 1.165) is 18.7 Å². The van der Waals surface area contributed by atoms with Crippen LogP contribution in [0.5, 0.6) is 0 Å². The van der Waals surface area contributed by atoms with Gasteiger partial charge in [-0.25, -0.2) is 0 Å². The van der Waals surface area contributed by atoms with Gasteiger partial charge in [0.25, 0.3) is 0 Å². The van der Waals surface area contributed by atoms with Crippen LogP contribution in [-0.4, -0.2) is 16.4 Å². The number of hydrogen-bond acceptors (Lipinski definition) is 2. The van der Waals surface area contributed by atoms with Gasteiger partial charge in [-0.05, 0) is 25.8 Å². The van der Waals surface area contributed by atoms with E-state index >= 15 is 0 Å². The van der Waals surface area contributed by atoms with Crippen molar-refractivity contribution in [1.82, 2.24) is 9.78 Å². The van der Waals surface area contributed by atoms with E-state index in [9.17, 15) is 0 Å². The third-order valence-electron chi connectivity index (χ3n) is 2.34. The molecule has 0 atom stereocenters. The molecule has 0 fully saturated rings. The van der Waals surface area contributed by atoms with Crippen LogP contribution in [0.25, 0.3) is 0 Å². The van der Waals surface area contributed by atoms with Crippen LogP contribution < -0.4 is 0 Å². The molecule has 1 aromatic rings. The predicted molar refractivity (Wildman–Crippen MR) is 52.7 cm³/mol. The highest BCUT2D eigenvalue weighted by Gasteiger charge is 2.10. The van der Waals surface area contributed by atoms with Crippen molar-refractivity contribution in [2.24, 2.45) is 7.05 Å². The van der Waals surface area contributed by atoms with Crippen molar-refractivity contribution in [3.05, 3.63) is 17.0 Å². The van der Waals surface area contributed by atoms with E-state index in [0.29, 0.717) is 6.61 Å². The lowest BCUT2D eigenvalue weighted by Crippen LogP contribution is -1.96. The fourth-order valence-corrected chi connectivity index (χ4v) is 1.50. The van der Waals surface area contributed by atoms with Crippen LogP contribution in [0.1, 0.15) is 30.8 Å². The Labute approximate surface area is 79.7 Å². The first-order valence-electron chi connectivity index (χ1n) is 4.79. The highest BCUT2D eigenvalue weighted by Crippen LogP contribution is 2.14. The molecule has 0 N–H and O–H groups in total. The number of rotatable bonds is 4. The maximum absolute atomic E-state index is 5.35. The molecule has 0 unspecified atom stereocenters. The van der Waals surface area contributed by atoms with Gasteiger partial charge in [-0.2, -0.15) is 5.10 Å². The van der Waals surface area contributed by atoms with Gasteiger partial charge in [0.15, 0.2) is 0 Å². The molecule has 0 aliphatic heterocycles. The van der Waals surface area contributed by atoms with Gasteiger partial charge in [0.05, 0.1) is 12.3 Å². The lowest BCUT2D eigenvalue weighted by Gasteiger charge is -2.00. The largest absolute Gasteiger partial charge is 0.375 e. The summed E-state index contributed by atoms with van der Waals surface area (Å²) in [6, 6.07) is 0. The van der Waals surface area contributed by atoms with Crippen LogP contribution in [0.15, 0.2) is 0 Å². The molecule has 0 aliphatic carbocycles. The maximum Gasteiger partial charge on any atom is 0.0916 e. The van der Waals surface area contributed by atoms with E-state index in [2.05, 4.69) is 18.9 Å². The molecule has 0 radical (unpaired) electrons. The molecule has 74 valence electrons. The highest BCUT2D eigenvalue weighted by atomic mass is 16.5. The molecular formula is C10H18N2O. The van der Waals surface area contributed by atoms with Crippen molar-refractivity contribution in [3.63, 3.8) is 0 Å². The van der Waals surface area contributed by atoms with Crippen LogP contribution >= 0.6 is 0 Å². The van der Waals surface area contributed by atoms with Gasteiger partial charge in [0.1, 0.15) is 0 Å². The molecule has 0 saturated carbocycles. The smallest absolute Gasteiger partial charge is 0.0916 e. The van der Waals surface area contributed by atoms with Gasteiger partial charge in [-0.15, -0.1) is 0 Å². The molecule has 13 heavy (non-hydrogen) atoms. The average Bonchev–Trinajstić information content (AvgIpc) is 2.39. The summed E-state index contributed by atoms with van der Waals surface area (Å²) in [5.41, 5.74) is 3.66. The standard InChI is InChI=1S/C10H18N2O/c1-5-9-8(3)12(4)11-10(9)7-13-6-2/h5-7H2,1-4H3. The summed E-state index contributed by atoms with van der Waals surface area (Å²) in [4.78, 5) is 0. The Morgan fingerprint density at radius 2 is 2.08 bits per heavy atom. The number of nitrogens with zero attached hydrogens (tertiary/aromatic N) is 2. The van der Waals surface area contributed by atoms with Crippen LogP contribution in [0, 0.1) is 6.92 Å². The summed E-state index contributed by atoms with van der Waals surface area (Å²) in [5.74, 6) is 0. The average molecular weight is 182 g/mol. The second-order valence-electron chi connectivity index (χ2n) is 3.12. The van der Waals surface area contributed by atoms with E-state index in [1.54, 1.807) is 0 Å². The zero-order valence-electron chi connectivity index (χ0n) is 8.92. The third kappa shape index (κ3) is 2.10. The second-order valence-corrected chi connectivity index (χ2v) is 3.12. The van der Waals surface area contributed by atoms with E-state index in [1.165, 1.54) is 11.3 Å².